The first-order valence-corrected chi connectivity index (χ1v) is 13.4. The van der Waals surface area contributed by atoms with Crippen LogP contribution in [-0.4, -0.2) is 31.6 Å². The van der Waals surface area contributed by atoms with E-state index in [1.165, 1.54) is 22.7 Å². The number of aromatic nitrogens is 3. The van der Waals surface area contributed by atoms with E-state index in [1.807, 2.05) is 35.6 Å². The van der Waals surface area contributed by atoms with Crippen LogP contribution in [0.3, 0.4) is 0 Å². The first kappa shape index (κ1) is 23.2. The molecule has 1 aromatic carbocycles. The van der Waals surface area contributed by atoms with Crippen LogP contribution in [0.5, 0.6) is 0 Å². The molecule has 0 bridgehead atoms. The molecule has 8 heteroatoms. The summed E-state index contributed by atoms with van der Waals surface area (Å²) in [6.45, 7) is 0.499. The SMILES string of the molecule is O=C(O)CCCCCCCCc1cc2c(s1)-n1c(nnc1C1CC1)CN=C2c1ccccc1Cl. The highest BCUT2D eigenvalue weighted by Crippen LogP contribution is 2.43. The van der Waals surface area contributed by atoms with Gasteiger partial charge in [0.15, 0.2) is 5.82 Å². The highest BCUT2D eigenvalue weighted by molar-refractivity contribution is 7.15. The molecular weight excluding hydrogens is 468 g/mol. The van der Waals surface area contributed by atoms with Crippen molar-refractivity contribution in [1.82, 2.24) is 14.8 Å². The third-order valence-corrected chi connectivity index (χ3v) is 8.00. The highest BCUT2D eigenvalue weighted by Gasteiger charge is 2.34. The molecule has 6 nitrogen and oxygen atoms in total. The Morgan fingerprint density at radius 1 is 1.06 bits per heavy atom. The lowest BCUT2D eigenvalue weighted by atomic mass is 10.0. The lowest BCUT2D eigenvalue weighted by Gasteiger charge is -2.09. The second kappa shape index (κ2) is 10.4. The molecule has 1 aliphatic carbocycles. The molecule has 0 saturated heterocycles. The normalized spacial score (nSPS) is 14.9. The molecule has 0 atom stereocenters. The lowest BCUT2D eigenvalue weighted by Crippen LogP contribution is -2.06. The van der Waals surface area contributed by atoms with E-state index >= 15 is 0 Å². The van der Waals surface area contributed by atoms with E-state index in [-0.39, 0.29) is 6.42 Å². The molecule has 2 aromatic heterocycles. The van der Waals surface area contributed by atoms with Gasteiger partial charge in [0.2, 0.25) is 0 Å². The van der Waals surface area contributed by atoms with Gasteiger partial charge in [0.25, 0.3) is 0 Å². The molecule has 1 N–H and O–H groups in total. The number of carboxylic acid groups (broad SMARTS) is 1. The Labute approximate surface area is 208 Å². The van der Waals surface area contributed by atoms with Crippen LogP contribution >= 0.6 is 22.9 Å². The van der Waals surface area contributed by atoms with Crippen molar-refractivity contribution in [2.24, 2.45) is 4.99 Å². The molecule has 34 heavy (non-hydrogen) atoms. The zero-order valence-corrected chi connectivity index (χ0v) is 20.7. The summed E-state index contributed by atoms with van der Waals surface area (Å²) in [5, 5.41) is 19.7. The third kappa shape index (κ3) is 5.10. The Balaban J connectivity index is 1.34. The van der Waals surface area contributed by atoms with Gasteiger partial charge in [-0.25, -0.2) is 0 Å². The summed E-state index contributed by atoms with van der Waals surface area (Å²) in [5.74, 6) is 1.78. The standard InChI is InChI=1S/C26H29ClN4O2S/c27-21-11-8-7-10-19(21)24-20-15-18(9-5-3-1-2-4-6-12-23(32)33)34-26(20)31-22(16-28-24)29-30-25(31)17-13-14-17/h7-8,10-11,15,17H,1-6,9,12-14,16H2,(H,32,33). The van der Waals surface area contributed by atoms with Crippen LogP contribution in [0.4, 0.5) is 0 Å². The Morgan fingerprint density at radius 3 is 2.59 bits per heavy atom. The van der Waals surface area contributed by atoms with Crippen LogP contribution in [0.25, 0.3) is 5.00 Å². The number of thiophene rings is 1. The molecule has 3 heterocycles. The molecule has 0 unspecified atom stereocenters. The average Bonchev–Trinajstić information content (AvgIpc) is 3.49. The number of hydrogen-bond acceptors (Lipinski definition) is 5. The van der Waals surface area contributed by atoms with E-state index in [0.717, 1.165) is 73.4 Å². The second-order valence-corrected chi connectivity index (χ2v) is 10.7. The molecule has 2 aliphatic rings. The maximum Gasteiger partial charge on any atom is 0.303 e. The Kier molecular flexibility index (Phi) is 7.11. The summed E-state index contributed by atoms with van der Waals surface area (Å²) in [4.78, 5) is 16.9. The Morgan fingerprint density at radius 2 is 1.82 bits per heavy atom. The van der Waals surface area contributed by atoms with Crippen LogP contribution < -0.4 is 0 Å². The van der Waals surface area contributed by atoms with Crippen LogP contribution in [0.15, 0.2) is 35.3 Å². The first-order chi connectivity index (χ1) is 16.6. The Bertz CT molecular complexity index is 1210. The van der Waals surface area contributed by atoms with Gasteiger partial charge >= 0.3 is 5.97 Å². The second-order valence-electron chi connectivity index (χ2n) is 9.18. The smallest absolute Gasteiger partial charge is 0.303 e. The van der Waals surface area contributed by atoms with E-state index in [1.54, 1.807) is 0 Å². The van der Waals surface area contributed by atoms with E-state index in [2.05, 4.69) is 20.8 Å². The fraction of sp³-hybridized carbons (Fsp3) is 0.462. The van der Waals surface area contributed by atoms with Crippen molar-refractivity contribution in [1.29, 1.82) is 0 Å². The largest absolute Gasteiger partial charge is 0.481 e. The van der Waals surface area contributed by atoms with Crippen molar-refractivity contribution in [2.75, 3.05) is 0 Å². The monoisotopic (exact) mass is 496 g/mol. The lowest BCUT2D eigenvalue weighted by molar-refractivity contribution is -0.137. The third-order valence-electron chi connectivity index (χ3n) is 6.49. The van der Waals surface area contributed by atoms with E-state index < -0.39 is 5.97 Å². The van der Waals surface area contributed by atoms with Crippen molar-refractivity contribution in [2.45, 2.75) is 76.7 Å². The zero-order chi connectivity index (χ0) is 23.5. The number of aryl methyl sites for hydroxylation is 1. The molecular formula is C26H29ClN4O2S. The zero-order valence-electron chi connectivity index (χ0n) is 19.2. The van der Waals surface area contributed by atoms with Crippen molar-refractivity contribution in [3.63, 3.8) is 0 Å². The minimum Gasteiger partial charge on any atom is -0.481 e. The summed E-state index contributed by atoms with van der Waals surface area (Å²) >= 11 is 8.42. The number of carbonyl (C=O) groups is 1. The quantitative estimate of drug-likeness (QED) is 0.304. The fourth-order valence-electron chi connectivity index (χ4n) is 4.55. The molecule has 5 rings (SSSR count). The van der Waals surface area contributed by atoms with Gasteiger partial charge in [0.05, 0.1) is 5.71 Å². The van der Waals surface area contributed by atoms with Crippen molar-refractivity contribution in [3.05, 3.63) is 63.0 Å². The van der Waals surface area contributed by atoms with Gasteiger partial charge in [0.1, 0.15) is 17.4 Å². The number of benzene rings is 1. The number of aliphatic imine (C=N–C) groups is 1. The molecule has 178 valence electrons. The van der Waals surface area contributed by atoms with Gasteiger partial charge in [-0.15, -0.1) is 21.5 Å². The van der Waals surface area contributed by atoms with Gasteiger partial charge < -0.3 is 5.11 Å². The number of rotatable bonds is 11. The van der Waals surface area contributed by atoms with Gasteiger partial charge in [0, 0.05) is 33.4 Å². The number of unbranched alkanes of at least 4 members (excludes halogenated alkanes) is 5. The first-order valence-electron chi connectivity index (χ1n) is 12.2. The molecule has 0 spiro atoms. The van der Waals surface area contributed by atoms with Gasteiger partial charge in [-0.1, -0.05) is 55.5 Å². The van der Waals surface area contributed by atoms with Gasteiger partial charge in [-0.2, -0.15) is 0 Å². The van der Waals surface area contributed by atoms with Crippen LogP contribution in [0.1, 0.15) is 91.4 Å². The summed E-state index contributed by atoms with van der Waals surface area (Å²) < 4.78 is 2.26. The summed E-state index contributed by atoms with van der Waals surface area (Å²) in [7, 11) is 0. The maximum atomic E-state index is 10.6. The average molecular weight is 497 g/mol. The molecule has 0 radical (unpaired) electrons. The summed E-state index contributed by atoms with van der Waals surface area (Å²) in [6.07, 6.45) is 9.98. The fourth-order valence-corrected chi connectivity index (χ4v) is 6.00. The number of aliphatic carboxylic acids is 1. The molecule has 0 amide bonds. The van der Waals surface area contributed by atoms with E-state index in [0.29, 0.717) is 17.5 Å². The van der Waals surface area contributed by atoms with E-state index in [4.69, 9.17) is 21.7 Å². The number of nitrogens with zero attached hydrogens (tertiary/aromatic N) is 4. The van der Waals surface area contributed by atoms with Crippen LogP contribution in [-0.2, 0) is 17.8 Å². The number of carboxylic acids is 1. The number of hydrogen-bond donors (Lipinski definition) is 1. The summed E-state index contributed by atoms with van der Waals surface area (Å²) in [6, 6.07) is 10.2. The van der Waals surface area contributed by atoms with Crippen molar-refractivity contribution >= 4 is 34.6 Å². The van der Waals surface area contributed by atoms with Crippen LogP contribution in [0.2, 0.25) is 5.02 Å². The minimum absolute atomic E-state index is 0.282. The molecule has 3 aromatic rings. The molecule has 1 fully saturated rings. The van der Waals surface area contributed by atoms with Gasteiger partial charge in [-0.3, -0.25) is 14.4 Å². The highest BCUT2D eigenvalue weighted by atomic mass is 35.5. The van der Waals surface area contributed by atoms with Crippen molar-refractivity contribution < 1.29 is 9.90 Å². The molecule has 1 aliphatic heterocycles. The number of fused-ring (bicyclic) bond motifs is 3. The van der Waals surface area contributed by atoms with Crippen LogP contribution in [0, 0.1) is 0 Å². The van der Waals surface area contributed by atoms with Crippen molar-refractivity contribution in [3.8, 4) is 5.00 Å². The minimum atomic E-state index is -0.696. The molecule has 1 saturated carbocycles. The topological polar surface area (TPSA) is 80.4 Å². The van der Waals surface area contributed by atoms with Gasteiger partial charge in [-0.05, 0) is 44.2 Å². The summed E-state index contributed by atoms with van der Waals surface area (Å²) in [5.41, 5.74) is 3.03. The predicted octanol–water partition coefficient (Wildman–Crippen LogP) is 6.57. The predicted molar refractivity (Wildman–Crippen MR) is 136 cm³/mol. The Hall–Kier alpha value is -2.51. The van der Waals surface area contributed by atoms with E-state index in [9.17, 15) is 4.79 Å². The maximum absolute atomic E-state index is 10.6. The number of halogens is 1.